The van der Waals surface area contributed by atoms with Crippen molar-refractivity contribution >= 4 is 11.6 Å². The highest BCUT2D eigenvalue weighted by atomic mass is 35.5. The van der Waals surface area contributed by atoms with Crippen LogP contribution in [0.3, 0.4) is 0 Å². The summed E-state index contributed by atoms with van der Waals surface area (Å²) in [5.41, 5.74) is 0.874. The van der Waals surface area contributed by atoms with Crippen molar-refractivity contribution < 1.29 is 4.52 Å². The molecule has 0 amide bonds. The Morgan fingerprint density at radius 1 is 1.33 bits per heavy atom. The largest absolute Gasteiger partial charge is 0.339 e. The fraction of sp³-hybridized carbons (Fsp3) is 0.500. The van der Waals surface area contributed by atoms with Gasteiger partial charge in [-0.25, -0.2) is 0 Å². The van der Waals surface area contributed by atoms with Crippen molar-refractivity contribution in [2.75, 3.05) is 6.54 Å². The van der Waals surface area contributed by atoms with E-state index in [1.807, 2.05) is 24.3 Å². The molecular weight excluding hydrogens is 286 g/mol. The van der Waals surface area contributed by atoms with Gasteiger partial charge in [0.1, 0.15) is 0 Å². The molecule has 5 heteroatoms. The molecule has 2 aromatic rings. The summed E-state index contributed by atoms with van der Waals surface area (Å²) in [5.74, 6) is 1.44. The summed E-state index contributed by atoms with van der Waals surface area (Å²) < 4.78 is 5.44. The van der Waals surface area contributed by atoms with E-state index in [2.05, 4.69) is 36.2 Å². The van der Waals surface area contributed by atoms with Crippen LogP contribution in [0.2, 0.25) is 5.02 Å². The summed E-state index contributed by atoms with van der Waals surface area (Å²) in [6.07, 6.45) is 2.14. The van der Waals surface area contributed by atoms with Crippen LogP contribution in [0.15, 0.2) is 28.8 Å². The van der Waals surface area contributed by atoms with Crippen LogP contribution in [0, 0.1) is 0 Å². The van der Waals surface area contributed by atoms with Gasteiger partial charge in [-0.05, 0) is 31.5 Å². The number of hydrogen-bond donors (Lipinski definition) is 1. The molecule has 1 aromatic carbocycles. The lowest BCUT2D eigenvalue weighted by atomic mass is 9.99. The van der Waals surface area contributed by atoms with E-state index in [9.17, 15) is 0 Å². The van der Waals surface area contributed by atoms with Crippen LogP contribution in [-0.4, -0.2) is 22.7 Å². The molecule has 21 heavy (non-hydrogen) atoms. The number of rotatable bonds is 7. The summed E-state index contributed by atoms with van der Waals surface area (Å²) in [4.78, 5) is 4.52. The second kappa shape index (κ2) is 7.57. The molecule has 4 nitrogen and oxygen atoms in total. The van der Waals surface area contributed by atoms with Crippen molar-refractivity contribution in [2.24, 2.45) is 0 Å². The van der Waals surface area contributed by atoms with Crippen molar-refractivity contribution in [1.82, 2.24) is 15.5 Å². The Morgan fingerprint density at radius 2 is 2.14 bits per heavy atom. The van der Waals surface area contributed by atoms with E-state index in [1.54, 1.807) is 0 Å². The highest BCUT2D eigenvalue weighted by molar-refractivity contribution is 6.30. The molecule has 0 saturated heterocycles. The minimum atomic E-state index is 0.182. The number of nitrogens with zero attached hydrogens (tertiary/aromatic N) is 2. The maximum absolute atomic E-state index is 6.00. The molecule has 2 rings (SSSR count). The molecule has 0 radical (unpaired) electrons. The number of aromatic nitrogens is 2. The predicted molar refractivity (Wildman–Crippen MR) is 85.5 cm³/mol. The Bertz CT molecular complexity index is 570. The molecular formula is C16H22ClN3O. The fourth-order valence-corrected chi connectivity index (χ4v) is 2.53. The molecule has 0 saturated carbocycles. The van der Waals surface area contributed by atoms with Crippen molar-refractivity contribution in [3.8, 4) is 11.4 Å². The van der Waals surface area contributed by atoms with E-state index in [0.29, 0.717) is 22.8 Å². The Morgan fingerprint density at radius 3 is 2.81 bits per heavy atom. The van der Waals surface area contributed by atoms with Gasteiger partial charge >= 0.3 is 0 Å². The minimum Gasteiger partial charge on any atom is -0.339 e. The van der Waals surface area contributed by atoms with E-state index in [0.717, 1.165) is 24.9 Å². The Kier molecular flexibility index (Phi) is 5.76. The van der Waals surface area contributed by atoms with Gasteiger partial charge in [0.2, 0.25) is 11.7 Å². The van der Waals surface area contributed by atoms with E-state index in [1.165, 1.54) is 0 Å². The summed E-state index contributed by atoms with van der Waals surface area (Å²) in [7, 11) is 0. The van der Waals surface area contributed by atoms with Crippen LogP contribution in [-0.2, 0) is 0 Å². The number of halogens is 1. The first-order valence-electron chi connectivity index (χ1n) is 7.48. The van der Waals surface area contributed by atoms with Crippen LogP contribution in [0.25, 0.3) is 11.4 Å². The van der Waals surface area contributed by atoms with Gasteiger partial charge in [0, 0.05) is 16.6 Å². The van der Waals surface area contributed by atoms with Gasteiger partial charge in [0.05, 0.1) is 5.92 Å². The summed E-state index contributed by atoms with van der Waals surface area (Å²) >= 11 is 6.00. The van der Waals surface area contributed by atoms with Crippen LogP contribution in [0.1, 0.15) is 45.4 Å². The fourth-order valence-electron chi connectivity index (χ4n) is 2.34. The van der Waals surface area contributed by atoms with Gasteiger partial charge in [-0.3, -0.25) is 0 Å². The zero-order valence-electron chi connectivity index (χ0n) is 12.8. The summed E-state index contributed by atoms with van der Waals surface area (Å²) in [5, 5.41) is 8.27. The normalized spacial score (nSPS) is 14.1. The number of nitrogens with one attached hydrogen (secondary N) is 1. The summed E-state index contributed by atoms with van der Waals surface area (Å²) in [6, 6.07) is 7.83. The third-order valence-electron chi connectivity index (χ3n) is 3.61. The number of hydrogen-bond acceptors (Lipinski definition) is 4. The Balaban J connectivity index is 2.15. The molecule has 0 spiro atoms. The van der Waals surface area contributed by atoms with Crippen molar-refractivity contribution in [3.63, 3.8) is 0 Å². The van der Waals surface area contributed by atoms with Gasteiger partial charge in [0.15, 0.2) is 0 Å². The molecule has 0 fully saturated rings. The smallest absolute Gasteiger partial charge is 0.231 e. The molecule has 0 aliphatic carbocycles. The molecule has 2 unspecified atom stereocenters. The highest BCUT2D eigenvalue weighted by Crippen LogP contribution is 2.24. The average Bonchev–Trinajstić information content (AvgIpc) is 2.97. The molecule has 1 N–H and O–H groups in total. The quantitative estimate of drug-likeness (QED) is 0.830. The van der Waals surface area contributed by atoms with Crippen molar-refractivity contribution in [3.05, 3.63) is 35.2 Å². The van der Waals surface area contributed by atoms with E-state index < -0.39 is 0 Å². The van der Waals surface area contributed by atoms with Gasteiger partial charge in [-0.2, -0.15) is 4.98 Å². The number of benzene rings is 1. The molecule has 1 heterocycles. The van der Waals surface area contributed by atoms with E-state index in [-0.39, 0.29) is 5.92 Å². The van der Waals surface area contributed by atoms with Crippen LogP contribution in [0.5, 0.6) is 0 Å². The van der Waals surface area contributed by atoms with Crippen molar-refractivity contribution in [2.45, 2.75) is 45.6 Å². The minimum absolute atomic E-state index is 0.182. The summed E-state index contributed by atoms with van der Waals surface area (Å²) in [6.45, 7) is 7.44. The molecule has 1 aromatic heterocycles. The van der Waals surface area contributed by atoms with Gasteiger partial charge in [0.25, 0.3) is 0 Å². The topological polar surface area (TPSA) is 51.0 Å². The van der Waals surface area contributed by atoms with Crippen molar-refractivity contribution in [1.29, 1.82) is 0 Å². The lowest BCUT2D eigenvalue weighted by Crippen LogP contribution is -2.33. The zero-order chi connectivity index (χ0) is 15.2. The van der Waals surface area contributed by atoms with Crippen LogP contribution < -0.4 is 5.32 Å². The standard InChI is InChI=1S/C16H22ClN3O/c1-4-9-18-14(5-2)11(3)16-19-15(20-21-16)12-7-6-8-13(17)10-12/h6-8,10-11,14,18H,4-5,9H2,1-3H3. The maximum Gasteiger partial charge on any atom is 0.231 e. The SMILES string of the molecule is CCCNC(CC)C(C)c1nc(-c2cccc(Cl)c2)no1. The average molecular weight is 308 g/mol. The zero-order valence-corrected chi connectivity index (χ0v) is 13.5. The molecule has 0 bridgehead atoms. The van der Waals surface area contributed by atoms with Gasteiger partial charge < -0.3 is 9.84 Å². The van der Waals surface area contributed by atoms with Crippen LogP contribution in [0.4, 0.5) is 0 Å². The lowest BCUT2D eigenvalue weighted by molar-refractivity contribution is 0.319. The molecule has 114 valence electrons. The monoisotopic (exact) mass is 307 g/mol. The molecule has 0 aliphatic heterocycles. The third kappa shape index (κ3) is 4.05. The predicted octanol–water partition coefficient (Wildman–Crippen LogP) is 4.27. The first-order valence-corrected chi connectivity index (χ1v) is 7.86. The first kappa shape index (κ1) is 16.0. The van der Waals surface area contributed by atoms with E-state index >= 15 is 0 Å². The lowest BCUT2D eigenvalue weighted by Gasteiger charge is -2.20. The van der Waals surface area contributed by atoms with Crippen LogP contribution >= 0.6 is 11.6 Å². The van der Waals surface area contributed by atoms with E-state index in [4.69, 9.17) is 16.1 Å². The highest BCUT2D eigenvalue weighted by Gasteiger charge is 2.22. The third-order valence-corrected chi connectivity index (χ3v) is 3.85. The first-order chi connectivity index (χ1) is 10.2. The molecule has 0 aliphatic rings. The Hall–Kier alpha value is -1.39. The molecule has 2 atom stereocenters. The van der Waals surface area contributed by atoms with Gasteiger partial charge in [-0.1, -0.05) is 49.7 Å². The maximum atomic E-state index is 6.00. The second-order valence-electron chi connectivity index (χ2n) is 5.22. The van der Waals surface area contributed by atoms with Gasteiger partial charge in [-0.15, -0.1) is 0 Å². The Labute approximate surface area is 130 Å². The second-order valence-corrected chi connectivity index (χ2v) is 5.66.